The lowest BCUT2D eigenvalue weighted by Crippen LogP contribution is -2.07. The molecule has 0 fully saturated rings. The number of aromatic amines is 1. The van der Waals surface area contributed by atoms with E-state index in [1.807, 2.05) is 24.3 Å². The molecule has 1 aromatic carbocycles. The molecule has 0 aliphatic carbocycles. The van der Waals surface area contributed by atoms with Crippen LogP contribution in [0.15, 0.2) is 59.5 Å². The summed E-state index contributed by atoms with van der Waals surface area (Å²) in [5.41, 5.74) is 3.55. The third kappa shape index (κ3) is 2.55. The Kier molecular flexibility index (Phi) is 3.28. The minimum Gasteiger partial charge on any atom is -0.304 e. The van der Waals surface area contributed by atoms with Gasteiger partial charge in [0.25, 0.3) is 5.56 Å². The summed E-state index contributed by atoms with van der Waals surface area (Å²) < 4.78 is 0.639. The standard InChI is InChI=1S/C18H13N3OS/c1-11-5-7-12(8-6-11)15-10-14-16(23-15)18(22)21-17(20-14)13-4-2-3-9-19-13/h2-10H,1H3,(H,20,21,22). The van der Waals surface area contributed by atoms with Gasteiger partial charge in [-0.1, -0.05) is 35.9 Å². The number of hydrogen-bond donors (Lipinski definition) is 1. The van der Waals surface area contributed by atoms with Crippen LogP contribution in [-0.4, -0.2) is 15.0 Å². The molecule has 0 spiro atoms. The van der Waals surface area contributed by atoms with E-state index < -0.39 is 0 Å². The number of rotatable bonds is 2. The number of nitrogens with one attached hydrogen (secondary N) is 1. The molecule has 112 valence electrons. The van der Waals surface area contributed by atoms with Crippen LogP contribution in [0.4, 0.5) is 0 Å². The van der Waals surface area contributed by atoms with E-state index in [0.29, 0.717) is 21.7 Å². The summed E-state index contributed by atoms with van der Waals surface area (Å²) in [7, 11) is 0. The molecule has 0 radical (unpaired) electrons. The zero-order valence-corrected chi connectivity index (χ0v) is 13.2. The molecule has 0 aliphatic heterocycles. The molecule has 0 saturated carbocycles. The fraction of sp³-hybridized carbons (Fsp3) is 0.0556. The van der Waals surface area contributed by atoms with E-state index in [2.05, 4.69) is 46.1 Å². The van der Waals surface area contributed by atoms with Gasteiger partial charge in [-0.05, 0) is 30.7 Å². The Labute approximate surface area is 136 Å². The van der Waals surface area contributed by atoms with Crippen molar-refractivity contribution < 1.29 is 0 Å². The molecule has 1 N–H and O–H groups in total. The molecule has 5 heteroatoms. The summed E-state index contributed by atoms with van der Waals surface area (Å²) in [5.74, 6) is 0.497. The molecular formula is C18H13N3OS. The Morgan fingerprint density at radius 3 is 2.65 bits per heavy atom. The van der Waals surface area contributed by atoms with Gasteiger partial charge in [-0.3, -0.25) is 9.78 Å². The number of H-pyrrole nitrogens is 1. The first kappa shape index (κ1) is 13.8. The minimum atomic E-state index is -0.126. The maximum atomic E-state index is 12.4. The van der Waals surface area contributed by atoms with Crippen molar-refractivity contribution in [1.82, 2.24) is 15.0 Å². The van der Waals surface area contributed by atoms with E-state index in [1.54, 1.807) is 6.20 Å². The van der Waals surface area contributed by atoms with Crippen molar-refractivity contribution in [2.24, 2.45) is 0 Å². The minimum absolute atomic E-state index is 0.126. The number of fused-ring (bicyclic) bond motifs is 1. The Balaban J connectivity index is 1.87. The highest BCUT2D eigenvalue weighted by Crippen LogP contribution is 2.31. The van der Waals surface area contributed by atoms with E-state index in [4.69, 9.17) is 0 Å². The van der Waals surface area contributed by atoms with Crippen molar-refractivity contribution in [1.29, 1.82) is 0 Å². The van der Waals surface area contributed by atoms with E-state index >= 15 is 0 Å². The second-order valence-electron chi connectivity index (χ2n) is 5.32. The predicted molar refractivity (Wildman–Crippen MR) is 93.6 cm³/mol. The molecule has 23 heavy (non-hydrogen) atoms. The smallest absolute Gasteiger partial charge is 0.269 e. The van der Waals surface area contributed by atoms with Crippen LogP contribution in [0.2, 0.25) is 0 Å². The first-order valence-electron chi connectivity index (χ1n) is 7.23. The summed E-state index contributed by atoms with van der Waals surface area (Å²) in [4.78, 5) is 25.0. The van der Waals surface area contributed by atoms with E-state index in [0.717, 1.165) is 10.4 Å². The zero-order chi connectivity index (χ0) is 15.8. The van der Waals surface area contributed by atoms with Crippen molar-refractivity contribution in [3.05, 3.63) is 70.6 Å². The van der Waals surface area contributed by atoms with Crippen LogP contribution in [0.25, 0.3) is 32.2 Å². The first-order valence-corrected chi connectivity index (χ1v) is 8.05. The number of nitrogens with zero attached hydrogens (tertiary/aromatic N) is 2. The molecule has 4 aromatic rings. The molecule has 0 aliphatic rings. The molecule has 0 atom stereocenters. The van der Waals surface area contributed by atoms with Crippen molar-refractivity contribution in [2.45, 2.75) is 6.92 Å². The van der Waals surface area contributed by atoms with Crippen molar-refractivity contribution in [3.8, 4) is 22.0 Å². The number of aryl methyl sites for hydroxylation is 1. The van der Waals surface area contributed by atoms with Crippen LogP contribution >= 0.6 is 11.3 Å². The molecule has 3 heterocycles. The highest BCUT2D eigenvalue weighted by atomic mass is 32.1. The molecule has 4 rings (SSSR count). The SMILES string of the molecule is Cc1ccc(-c2cc3nc(-c4ccccn4)[nH]c(=O)c3s2)cc1. The normalized spacial score (nSPS) is 11.0. The van der Waals surface area contributed by atoms with Crippen LogP contribution in [0, 0.1) is 6.92 Å². The highest BCUT2D eigenvalue weighted by Gasteiger charge is 2.11. The Bertz CT molecular complexity index is 1030. The topological polar surface area (TPSA) is 58.6 Å². The Hall–Kier alpha value is -2.79. The fourth-order valence-corrected chi connectivity index (χ4v) is 3.42. The van der Waals surface area contributed by atoms with Crippen LogP contribution < -0.4 is 5.56 Å². The van der Waals surface area contributed by atoms with Crippen molar-refractivity contribution in [2.75, 3.05) is 0 Å². The van der Waals surface area contributed by atoms with E-state index in [-0.39, 0.29) is 5.56 Å². The number of benzene rings is 1. The van der Waals surface area contributed by atoms with E-state index in [9.17, 15) is 4.79 Å². The number of thiophene rings is 1. The van der Waals surface area contributed by atoms with E-state index in [1.165, 1.54) is 16.9 Å². The van der Waals surface area contributed by atoms with Gasteiger partial charge in [0.15, 0.2) is 5.82 Å². The van der Waals surface area contributed by atoms with Gasteiger partial charge in [0.1, 0.15) is 10.4 Å². The van der Waals surface area contributed by atoms with Crippen LogP contribution in [0.5, 0.6) is 0 Å². The lowest BCUT2D eigenvalue weighted by Gasteiger charge is -1.98. The monoisotopic (exact) mass is 319 g/mol. The second-order valence-corrected chi connectivity index (χ2v) is 6.37. The summed E-state index contributed by atoms with van der Waals surface area (Å²) in [6.45, 7) is 2.06. The summed E-state index contributed by atoms with van der Waals surface area (Å²) in [6, 6.07) is 15.8. The number of aromatic nitrogens is 3. The Morgan fingerprint density at radius 1 is 1.09 bits per heavy atom. The van der Waals surface area contributed by atoms with Gasteiger partial charge in [0.2, 0.25) is 0 Å². The van der Waals surface area contributed by atoms with Gasteiger partial charge in [-0.2, -0.15) is 0 Å². The average molecular weight is 319 g/mol. The number of hydrogen-bond acceptors (Lipinski definition) is 4. The summed E-state index contributed by atoms with van der Waals surface area (Å²) in [6.07, 6.45) is 1.69. The molecule has 0 amide bonds. The summed E-state index contributed by atoms with van der Waals surface area (Å²) >= 11 is 1.46. The molecule has 0 unspecified atom stereocenters. The lowest BCUT2D eigenvalue weighted by molar-refractivity contribution is 1.15. The van der Waals surface area contributed by atoms with Crippen LogP contribution in [0.1, 0.15) is 5.56 Å². The van der Waals surface area contributed by atoms with Gasteiger partial charge in [0, 0.05) is 11.1 Å². The van der Waals surface area contributed by atoms with Gasteiger partial charge in [-0.25, -0.2) is 4.98 Å². The second kappa shape index (κ2) is 5.44. The fourth-order valence-electron chi connectivity index (χ4n) is 2.42. The van der Waals surface area contributed by atoms with Crippen LogP contribution in [0.3, 0.4) is 0 Å². The molecule has 0 bridgehead atoms. The van der Waals surface area contributed by atoms with Gasteiger partial charge < -0.3 is 4.98 Å². The third-order valence-corrected chi connectivity index (χ3v) is 4.80. The van der Waals surface area contributed by atoms with Gasteiger partial charge in [0.05, 0.1) is 5.52 Å². The zero-order valence-electron chi connectivity index (χ0n) is 12.4. The van der Waals surface area contributed by atoms with Gasteiger partial charge in [-0.15, -0.1) is 11.3 Å². The molecule has 4 nitrogen and oxygen atoms in total. The summed E-state index contributed by atoms with van der Waals surface area (Å²) in [5, 5.41) is 0. The highest BCUT2D eigenvalue weighted by molar-refractivity contribution is 7.22. The first-order chi connectivity index (χ1) is 11.2. The third-order valence-electron chi connectivity index (χ3n) is 3.63. The molecule has 3 aromatic heterocycles. The number of pyridine rings is 1. The predicted octanol–water partition coefficient (Wildman–Crippen LogP) is 4.02. The van der Waals surface area contributed by atoms with Crippen molar-refractivity contribution >= 4 is 21.6 Å². The quantitative estimate of drug-likeness (QED) is 0.607. The maximum Gasteiger partial charge on any atom is 0.269 e. The van der Waals surface area contributed by atoms with Crippen LogP contribution in [-0.2, 0) is 0 Å². The largest absolute Gasteiger partial charge is 0.304 e. The molecule has 0 saturated heterocycles. The average Bonchev–Trinajstić information content (AvgIpc) is 3.01. The molecular weight excluding hydrogens is 306 g/mol. The lowest BCUT2D eigenvalue weighted by atomic mass is 10.1. The maximum absolute atomic E-state index is 12.4. The van der Waals surface area contributed by atoms with Gasteiger partial charge >= 0.3 is 0 Å². The Morgan fingerprint density at radius 2 is 1.91 bits per heavy atom. The van der Waals surface area contributed by atoms with Crippen molar-refractivity contribution in [3.63, 3.8) is 0 Å².